The molecule has 3 aromatic rings. The second kappa shape index (κ2) is 9.52. The molecule has 150 valence electrons. The zero-order chi connectivity index (χ0) is 19.6. The molecule has 0 unspecified atom stereocenters. The first kappa shape index (κ1) is 22.4. The zero-order valence-corrected chi connectivity index (χ0v) is 18.0. The van der Waals surface area contributed by atoms with Crippen LogP contribution in [0.1, 0.15) is 10.4 Å². The molecular formula is C19H20Cl2FN3O2S. The van der Waals surface area contributed by atoms with E-state index in [0.29, 0.717) is 34.5 Å². The second-order valence-corrected chi connectivity index (χ2v) is 7.55. The smallest absolute Gasteiger partial charge is 0.263 e. The molecule has 2 aromatic carbocycles. The summed E-state index contributed by atoms with van der Waals surface area (Å²) >= 11 is 7.58. The topological polar surface area (TPSA) is 45.7 Å². The number of benzene rings is 2. The molecule has 1 aromatic heterocycles. The molecule has 0 bridgehead atoms. The van der Waals surface area contributed by atoms with Crippen LogP contribution in [0.25, 0.3) is 10.2 Å². The number of ether oxygens (including phenoxy) is 1. The Morgan fingerprint density at radius 1 is 1.21 bits per heavy atom. The molecule has 5 nitrogen and oxygen atoms in total. The third-order valence-corrected chi connectivity index (χ3v) is 5.56. The monoisotopic (exact) mass is 443 g/mol. The highest BCUT2D eigenvalue weighted by molar-refractivity contribution is 7.23. The number of amides is 1. The molecule has 0 aliphatic rings. The highest BCUT2D eigenvalue weighted by atomic mass is 35.5. The molecule has 0 saturated carbocycles. The average molecular weight is 444 g/mol. The van der Waals surface area contributed by atoms with Gasteiger partial charge in [0.25, 0.3) is 5.91 Å². The molecule has 0 radical (unpaired) electrons. The Labute approximate surface area is 178 Å². The van der Waals surface area contributed by atoms with Crippen LogP contribution in [0.3, 0.4) is 0 Å². The minimum atomic E-state index is -0.561. The van der Waals surface area contributed by atoms with Crippen molar-refractivity contribution in [2.45, 2.75) is 0 Å². The van der Waals surface area contributed by atoms with E-state index >= 15 is 0 Å². The number of aromatic nitrogens is 1. The number of thiazole rings is 1. The maximum Gasteiger partial charge on any atom is 0.263 e. The molecule has 0 N–H and O–H groups in total. The van der Waals surface area contributed by atoms with Crippen LogP contribution in [0.5, 0.6) is 5.75 Å². The lowest BCUT2D eigenvalue weighted by atomic mass is 10.2. The van der Waals surface area contributed by atoms with Gasteiger partial charge in [-0.2, -0.15) is 0 Å². The number of carbonyl (C=O) groups excluding carboxylic acids is 1. The number of likely N-dealkylation sites (N-methyl/N-ethyl adjacent to an activating group) is 1. The molecule has 0 spiro atoms. The zero-order valence-electron chi connectivity index (χ0n) is 15.6. The molecule has 0 atom stereocenters. The predicted octanol–water partition coefficient (Wildman–Crippen LogP) is 4.73. The first-order valence-corrected chi connectivity index (χ1v) is 9.46. The van der Waals surface area contributed by atoms with Gasteiger partial charge < -0.3 is 9.64 Å². The standard InChI is InChI=1S/C19H19ClFN3O2S.ClH/c1-23(2)10-11-24(18(25)12-6-4-5-7-14(12)21)19-22-16-15(26-3)9-8-13(20)17(16)27-19;/h4-9H,10-11H2,1-3H3;1H. The van der Waals surface area contributed by atoms with Crippen molar-refractivity contribution >= 4 is 56.6 Å². The normalized spacial score (nSPS) is 10.8. The Hall–Kier alpha value is -1.93. The molecular weight excluding hydrogens is 424 g/mol. The Morgan fingerprint density at radius 3 is 2.57 bits per heavy atom. The number of rotatable bonds is 6. The Morgan fingerprint density at radius 2 is 1.93 bits per heavy atom. The van der Waals surface area contributed by atoms with Crippen molar-refractivity contribution in [1.82, 2.24) is 9.88 Å². The van der Waals surface area contributed by atoms with Gasteiger partial charge in [-0.05, 0) is 38.4 Å². The van der Waals surface area contributed by atoms with Crippen molar-refractivity contribution in [1.29, 1.82) is 0 Å². The predicted molar refractivity (Wildman–Crippen MR) is 115 cm³/mol. The lowest BCUT2D eigenvalue weighted by Crippen LogP contribution is -2.37. The number of carbonyl (C=O) groups is 1. The Kier molecular flexibility index (Phi) is 7.60. The summed E-state index contributed by atoms with van der Waals surface area (Å²) in [7, 11) is 5.37. The number of fused-ring (bicyclic) bond motifs is 1. The van der Waals surface area contributed by atoms with E-state index in [-0.39, 0.29) is 18.0 Å². The fourth-order valence-corrected chi connectivity index (χ4v) is 3.87. The van der Waals surface area contributed by atoms with Crippen LogP contribution in [0.4, 0.5) is 9.52 Å². The summed E-state index contributed by atoms with van der Waals surface area (Å²) < 4.78 is 20.3. The van der Waals surface area contributed by atoms with Crippen LogP contribution in [0, 0.1) is 5.82 Å². The summed E-state index contributed by atoms with van der Waals surface area (Å²) in [5.41, 5.74) is 0.592. The quantitative estimate of drug-likeness (QED) is 0.552. The first-order valence-electron chi connectivity index (χ1n) is 8.26. The third kappa shape index (κ3) is 4.55. The summed E-state index contributed by atoms with van der Waals surface area (Å²) in [5, 5.41) is 0.979. The van der Waals surface area contributed by atoms with Crippen molar-refractivity contribution in [3.63, 3.8) is 0 Å². The second-order valence-electron chi connectivity index (χ2n) is 6.16. The number of nitrogens with zero attached hydrogens (tertiary/aromatic N) is 3. The van der Waals surface area contributed by atoms with Crippen molar-refractivity contribution in [3.05, 3.63) is 52.8 Å². The molecule has 0 fully saturated rings. The summed E-state index contributed by atoms with van der Waals surface area (Å²) in [6.07, 6.45) is 0. The maximum absolute atomic E-state index is 14.2. The van der Waals surface area contributed by atoms with Crippen molar-refractivity contribution < 1.29 is 13.9 Å². The lowest BCUT2D eigenvalue weighted by molar-refractivity contribution is 0.0981. The van der Waals surface area contributed by atoms with Gasteiger partial charge in [0.1, 0.15) is 17.1 Å². The Bertz CT molecular complexity index is 981. The largest absolute Gasteiger partial charge is 0.494 e. The van der Waals surface area contributed by atoms with Gasteiger partial charge in [-0.1, -0.05) is 35.1 Å². The average Bonchev–Trinajstić information content (AvgIpc) is 3.08. The molecule has 0 aliphatic heterocycles. The van der Waals surface area contributed by atoms with Crippen LogP contribution in [0.15, 0.2) is 36.4 Å². The van der Waals surface area contributed by atoms with E-state index in [1.165, 1.54) is 28.4 Å². The van der Waals surface area contributed by atoms with Gasteiger partial charge in [0, 0.05) is 13.1 Å². The highest BCUT2D eigenvalue weighted by Crippen LogP contribution is 2.39. The van der Waals surface area contributed by atoms with Crippen LogP contribution >= 0.6 is 35.3 Å². The minimum Gasteiger partial charge on any atom is -0.494 e. The van der Waals surface area contributed by atoms with Crippen LogP contribution in [0.2, 0.25) is 5.02 Å². The van der Waals surface area contributed by atoms with Crippen LogP contribution in [-0.2, 0) is 0 Å². The molecule has 3 rings (SSSR count). The molecule has 1 heterocycles. The fraction of sp³-hybridized carbons (Fsp3) is 0.263. The van der Waals surface area contributed by atoms with Crippen LogP contribution < -0.4 is 9.64 Å². The fourth-order valence-electron chi connectivity index (χ4n) is 2.59. The van der Waals surface area contributed by atoms with Gasteiger partial charge in [0.2, 0.25) is 0 Å². The maximum atomic E-state index is 14.2. The molecule has 9 heteroatoms. The first-order chi connectivity index (χ1) is 12.9. The van der Waals surface area contributed by atoms with E-state index in [9.17, 15) is 9.18 Å². The number of hydrogen-bond acceptors (Lipinski definition) is 5. The van der Waals surface area contributed by atoms with E-state index < -0.39 is 11.7 Å². The molecule has 28 heavy (non-hydrogen) atoms. The summed E-state index contributed by atoms with van der Waals surface area (Å²) in [4.78, 5) is 21.1. The molecule has 0 saturated heterocycles. The Balaban J connectivity index is 0.00000280. The minimum absolute atomic E-state index is 0. The van der Waals surface area contributed by atoms with Gasteiger partial charge in [-0.25, -0.2) is 9.37 Å². The van der Waals surface area contributed by atoms with Gasteiger partial charge >= 0.3 is 0 Å². The number of hydrogen-bond donors (Lipinski definition) is 0. The SMILES string of the molecule is COc1ccc(Cl)c2sc(N(CCN(C)C)C(=O)c3ccccc3F)nc12.Cl. The van der Waals surface area contributed by atoms with Crippen LogP contribution in [-0.4, -0.2) is 50.1 Å². The van der Waals surface area contributed by atoms with E-state index in [2.05, 4.69) is 4.98 Å². The molecule has 1 amide bonds. The van der Waals surface area contributed by atoms with Gasteiger partial charge in [-0.3, -0.25) is 9.69 Å². The van der Waals surface area contributed by atoms with Crippen molar-refractivity contribution in [2.75, 3.05) is 39.2 Å². The van der Waals surface area contributed by atoms with Gasteiger partial charge in [0.15, 0.2) is 5.13 Å². The van der Waals surface area contributed by atoms with E-state index in [4.69, 9.17) is 16.3 Å². The number of anilines is 1. The van der Waals surface area contributed by atoms with E-state index in [1.54, 1.807) is 31.4 Å². The third-order valence-electron chi connectivity index (χ3n) is 4.02. The summed E-state index contributed by atoms with van der Waals surface area (Å²) in [6, 6.07) is 9.40. The molecule has 0 aliphatic carbocycles. The van der Waals surface area contributed by atoms with Crippen molar-refractivity contribution in [2.24, 2.45) is 0 Å². The summed E-state index contributed by atoms with van der Waals surface area (Å²) in [5.74, 6) is -0.430. The highest BCUT2D eigenvalue weighted by Gasteiger charge is 2.25. The summed E-state index contributed by atoms with van der Waals surface area (Å²) in [6.45, 7) is 0.959. The van der Waals surface area contributed by atoms with Gasteiger partial charge in [0.05, 0.1) is 22.4 Å². The van der Waals surface area contributed by atoms with Gasteiger partial charge in [-0.15, -0.1) is 12.4 Å². The lowest BCUT2D eigenvalue weighted by Gasteiger charge is -2.22. The number of methoxy groups -OCH3 is 1. The number of halogens is 3. The van der Waals surface area contributed by atoms with E-state index in [1.807, 2.05) is 19.0 Å². The van der Waals surface area contributed by atoms with E-state index in [0.717, 1.165) is 4.70 Å². The van der Waals surface area contributed by atoms with Crippen molar-refractivity contribution in [3.8, 4) is 5.75 Å².